The number of likely N-dealkylation sites (tertiary alicyclic amines) is 1. The molecule has 1 saturated heterocycles. The van der Waals surface area contributed by atoms with Gasteiger partial charge in [0.05, 0.1) is 25.8 Å². The van der Waals surface area contributed by atoms with Crippen LogP contribution < -0.4 is 0 Å². The Balaban J connectivity index is 1.92. The highest BCUT2D eigenvalue weighted by Gasteiger charge is 2.56. The number of ether oxygens (including phenoxy) is 2. The Morgan fingerprint density at radius 1 is 0.879 bits per heavy atom. The lowest BCUT2D eigenvalue weighted by Gasteiger charge is -2.61. The van der Waals surface area contributed by atoms with Crippen molar-refractivity contribution < 1.29 is 19.1 Å². The lowest BCUT2D eigenvalue weighted by Crippen LogP contribution is -2.64. The predicted molar refractivity (Wildman–Crippen MR) is 126 cm³/mol. The predicted octanol–water partition coefficient (Wildman–Crippen LogP) is 4.45. The summed E-state index contributed by atoms with van der Waals surface area (Å²) in [6, 6.07) is 30.6. The zero-order valence-electron chi connectivity index (χ0n) is 18.8. The average molecular weight is 442 g/mol. The van der Waals surface area contributed by atoms with E-state index < -0.39 is 17.5 Å². The van der Waals surface area contributed by atoms with Gasteiger partial charge in [0.15, 0.2) is 0 Å². The van der Waals surface area contributed by atoms with E-state index in [1.165, 1.54) is 25.9 Å². The van der Waals surface area contributed by atoms with Crippen LogP contribution in [0.4, 0.5) is 0 Å². The number of nitrogens with zero attached hydrogens (tertiary/aromatic N) is 1. The van der Waals surface area contributed by atoms with Gasteiger partial charge in [-0.1, -0.05) is 91.0 Å². The van der Waals surface area contributed by atoms with E-state index in [1.807, 2.05) is 59.5 Å². The van der Waals surface area contributed by atoms with Crippen LogP contribution in [0.3, 0.4) is 0 Å². The van der Waals surface area contributed by atoms with Gasteiger partial charge in [0, 0.05) is 18.9 Å². The first kappa shape index (κ1) is 22.3. The molecule has 1 aliphatic heterocycles. The van der Waals surface area contributed by atoms with Crippen LogP contribution in [0.5, 0.6) is 0 Å². The molecule has 0 aliphatic carbocycles. The maximum Gasteiger partial charge on any atom is 0.354 e. The Bertz CT molecular complexity index is 1130. The molecule has 0 amide bonds. The summed E-state index contributed by atoms with van der Waals surface area (Å²) in [5, 5.41) is 0. The number of esters is 2. The molecular formula is C28H27NO4. The van der Waals surface area contributed by atoms with Crippen molar-refractivity contribution in [2.24, 2.45) is 0 Å². The highest BCUT2D eigenvalue weighted by Crippen LogP contribution is 2.54. The van der Waals surface area contributed by atoms with Crippen LogP contribution in [0.1, 0.15) is 22.6 Å². The van der Waals surface area contributed by atoms with Crippen molar-refractivity contribution >= 4 is 11.9 Å². The molecule has 0 spiro atoms. The molecule has 0 bridgehead atoms. The molecule has 0 radical (unpaired) electrons. The second-order valence-electron chi connectivity index (χ2n) is 8.07. The number of methoxy groups -OCH3 is 2. The van der Waals surface area contributed by atoms with Crippen LogP contribution in [0.15, 0.2) is 103 Å². The monoisotopic (exact) mass is 441 g/mol. The van der Waals surface area contributed by atoms with E-state index in [9.17, 15) is 9.59 Å². The van der Waals surface area contributed by atoms with Crippen LogP contribution in [0.25, 0.3) is 0 Å². The molecule has 0 aromatic heterocycles. The second-order valence-corrected chi connectivity index (χ2v) is 8.07. The average Bonchev–Trinajstić information content (AvgIpc) is 2.87. The fourth-order valence-electron chi connectivity index (χ4n) is 4.79. The molecule has 1 heterocycles. The molecule has 0 N–H and O–H groups in total. The molecule has 4 rings (SSSR count). The number of hydrogen-bond donors (Lipinski definition) is 0. The number of carbonyl (C=O) groups is 2. The molecule has 5 nitrogen and oxygen atoms in total. The number of rotatable bonds is 7. The Hall–Kier alpha value is -3.86. The van der Waals surface area contributed by atoms with Crippen molar-refractivity contribution in [2.45, 2.75) is 17.9 Å². The molecular weight excluding hydrogens is 414 g/mol. The molecule has 0 unspecified atom stereocenters. The van der Waals surface area contributed by atoms with Crippen molar-refractivity contribution in [3.05, 3.63) is 119 Å². The number of benzene rings is 3. The zero-order chi connectivity index (χ0) is 23.3. The largest absolute Gasteiger partial charge is 0.466 e. The van der Waals surface area contributed by atoms with E-state index in [2.05, 4.69) is 36.4 Å². The van der Waals surface area contributed by atoms with Crippen LogP contribution >= 0.6 is 0 Å². The van der Waals surface area contributed by atoms with Crippen molar-refractivity contribution in [3.8, 4) is 0 Å². The summed E-state index contributed by atoms with van der Waals surface area (Å²) in [6.07, 6.45) is 1.88. The minimum Gasteiger partial charge on any atom is -0.466 e. The van der Waals surface area contributed by atoms with E-state index >= 15 is 0 Å². The third-order valence-corrected chi connectivity index (χ3v) is 6.36. The summed E-state index contributed by atoms with van der Waals surface area (Å²) in [6.45, 7) is 0.559. The smallest absolute Gasteiger partial charge is 0.354 e. The van der Waals surface area contributed by atoms with E-state index in [0.29, 0.717) is 13.0 Å². The summed E-state index contributed by atoms with van der Waals surface area (Å²) in [4.78, 5) is 27.1. The molecule has 168 valence electrons. The van der Waals surface area contributed by atoms with E-state index in [4.69, 9.17) is 9.47 Å². The third-order valence-electron chi connectivity index (χ3n) is 6.36. The molecule has 5 heteroatoms. The maximum atomic E-state index is 12.9. The summed E-state index contributed by atoms with van der Waals surface area (Å²) >= 11 is 0. The van der Waals surface area contributed by atoms with Crippen molar-refractivity contribution in [1.82, 2.24) is 4.90 Å². The quantitative estimate of drug-likeness (QED) is 0.400. The Morgan fingerprint density at radius 3 is 2.03 bits per heavy atom. The Kier molecular flexibility index (Phi) is 6.59. The van der Waals surface area contributed by atoms with Gasteiger partial charge in [0.1, 0.15) is 5.70 Å². The molecule has 1 fully saturated rings. The van der Waals surface area contributed by atoms with E-state index in [0.717, 1.165) is 11.1 Å². The van der Waals surface area contributed by atoms with Gasteiger partial charge in [0.25, 0.3) is 0 Å². The summed E-state index contributed by atoms with van der Waals surface area (Å²) in [5.41, 5.74) is 2.97. The van der Waals surface area contributed by atoms with Gasteiger partial charge in [-0.15, -0.1) is 0 Å². The van der Waals surface area contributed by atoms with Gasteiger partial charge in [0.2, 0.25) is 0 Å². The number of carbonyl (C=O) groups excluding carboxylic acids is 2. The topological polar surface area (TPSA) is 55.8 Å². The lowest BCUT2D eigenvalue weighted by molar-refractivity contribution is -0.144. The normalized spacial score (nSPS) is 20.0. The minimum absolute atomic E-state index is 0.0898. The first-order chi connectivity index (χ1) is 16.1. The number of hydrogen-bond acceptors (Lipinski definition) is 5. The first-order valence-electron chi connectivity index (χ1n) is 10.9. The van der Waals surface area contributed by atoms with Gasteiger partial charge >= 0.3 is 11.9 Å². The molecule has 0 saturated carbocycles. The molecule has 33 heavy (non-hydrogen) atoms. The SMILES string of the molecule is COC(=O)/C=C(\C(=O)OC)N1C[C@@H](c2ccccc2)[C@@]1(Cc1ccccc1)c1ccccc1. The van der Waals surface area contributed by atoms with Crippen LogP contribution in [-0.2, 0) is 31.0 Å². The Labute approximate surface area is 194 Å². The lowest BCUT2D eigenvalue weighted by atomic mass is 9.63. The van der Waals surface area contributed by atoms with Gasteiger partial charge in [-0.25, -0.2) is 9.59 Å². The Morgan fingerprint density at radius 2 is 1.45 bits per heavy atom. The van der Waals surface area contributed by atoms with Crippen LogP contribution in [0, 0.1) is 0 Å². The molecule has 1 aliphatic rings. The maximum absolute atomic E-state index is 12.9. The molecule has 3 aromatic carbocycles. The van der Waals surface area contributed by atoms with E-state index in [-0.39, 0.29) is 11.6 Å². The third kappa shape index (κ3) is 4.27. The fourth-order valence-corrected chi connectivity index (χ4v) is 4.79. The van der Waals surface area contributed by atoms with Gasteiger partial charge < -0.3 is 14.4 Å². The second kappa shape index (κ2) is 9.74. The van der Waals surface area contributed by atoms with Gasteiger partial charge in [-0.05, 0) is 16.7 Å². The van der Waals surface area contributed by atoms with Crippen molar-refractivity contribution in [3.63, 3.8) is 0 Å². The first-order valence-corrected chi connectivity index (χ1v) is 10.9. The van der Waals surface area contributed by atoms with Crippen LogP contribution in [0.2, 0.25) is 0 Å². The van der Waals surface area contributed by atoms with Crippen LogP contribution in [-0.4, -0.2) is 37.6 Å². The summed E-state index contributed by atoms with van der Waals surface area (Å²) in [7, 11) is 2.62. The molecule has 2 atom stereocenters. The van der Waals surface area contributed by atoms with Crippen molar-refractivity contribution in [1.29, 1.82) is 0 Å². The fraction of sp³-hybridized carbons (Fsp3) is 0.214. The highest BCUT2D eigenvalue weighted by atomic mass is 16.5. The van der Waals surface area contributed by atoms with Gasteiger partial charge in [-0.3, -0.25) is 0 Å². The summed E-state index contributed by atoms with van der Waals surface area (Å²) < 4.78 is 9.93. The minimum atomic E-state index is -0.599. The zero-order valence-corrected chi connectivity index (χ0v) is 18.8. The van der Waals surface area contributed by atoms with E-state index in [1.54, 1.807) is 0 Å². The van der Waals surface area contributed by atoms with Gasteiger partial charge in [-0.2, -0.15) is 0 Å². The van der Waals surface area contributed by atoms with Crippen molar-refractivity contribution in [2.75, 3.05) is 20.8 Å². The summed E-state index contributed by atoms with van der Waals surface area (Å²) in [5.74, 6) is -1.08. The molecule has 3 aromatic rings. The highest BCUT2D eigenvalue weighted by molar-refractivity contribution is 5.96. The standard InChI is InChI=1S/C28H27NO4/c1-32-26(30)18-25(27(31)33-2)29-20-24(22-14-8-4-9-15-22)28(29,23-16-10-5-11-17-23)19-21-12-6-3-7-13-21/h3-18,24H,19-20H2,1-2H3/b25-18+/t24-,28+/m0/s1.